The highest BCUT2D eigenvalue weighted by Crippen LogP contribution is 2.22. The lowest BCUT2D eigenvalue weighted by Gasteiger charge is -2.07. The van der Waals surface area contributed by atoms with Gasteiger partial charge in [-0.3, -0.25) is 4.79 Å². The number of aromatic amines is 1. The van der Waals surface area contributed by atoms with Gasteiger partial charge in [-0.15, -0.1) is 0 Å². The molecule has 2 rings (SSSR count). The molecule has 0 spiro atoms. The molecule has 0 unspecified atom stereocenters. The van der Waals surface area contributed by atoms with Crippen molar-refractivity contribution in [1.82, 2.24) is 4.98 Å². The van der Waals surface area contributed by atoms with Crippen LogP contribution in [0.4, 0.5) is 4.39 Å². The van der Waals surface area contributed by atoms with Crippen molar-refractivity contribution in [2.24, 2.45) is 0 Å². The van der Waals surface area contributed by atoms with Crippen molar-refractivity contribution in [3.05, 3.63) is 57.8 Å². The zero-order chi connectivity index (χ0) is 11.7. The summed E-state index contributed by atoms with van der Waals surface area (Å²) in [6.45, 7) is 3.79. The molecule has 2 aromatic rings. The highest BCUT2D eigenvalue weighted by molar-refractivity contribution is 5.67. The van der Waals surface area contributed by atoms with Gasteiger partial charge in [0.05, 0.1) is 0 Å². The summed E-state index contributed by atoms with van der Waals surface area (Å²) in [6.07, 6.45) is 0. The Morgan fingerprint density at radius 2 is 1.75 bits per heavy atom. The van der Waals surface area contributed by atoms with Gasteiger partial charge in [-0.1, -0.05) is 12.1 Å². The molecule has 0 aliphatic rings. The van der Waals surface area contributed by atoms with E-state index in [4.69, 9.17) is 0 Å². The Labute approximate surface area is 92.8 Å². The molecule has 0 atom stereocenters. The molecular weight excluding hydrogens is 205 g/mol. The van der Waals surface area contributed by atoms with E-state index in [1.807, 2.05) is 13.8 Å². The first kappa shape index (κ1) is 10.6. The quantitative estimate of drug-likeness (QED) is 0.782. The fraction of sp³-hybridized carbons (Fsp3) is 0.154. The number of aryl methyl sites for hydroxylation is 1. The van der Waals surface area contributed by atoms with Crippen molar-refractivity contribution in [2.75, 3.05) is 0 Å². The van der Waals surface area contributed by atoms with E-state index in [0.717, 1.165) is 22.4 Å². The summed E-state index contributed by atoms with van der Waals surface area (Å²) in [7, 11) is 0. The van der Waals surface area contributed by atoms with Gasteiger partial charge >= 0.3 is 0 Å². The van der Waals surface area contributed by atoms with E-state index < -0.39 is 0 Å². The van der Waals surface area contributed by atoms with Gasteiger partial charge in [-0.05, 0) is 42.7 Å². The highest BCUT2D eigenvalue weighted by atomic mass is 19.1. The van der Waals surface area contributed by atoms with Gasteiger partial charge in [0.25, 0.3) is 0 Å². The number of rotatable bonds is 1. The summed E-state index contributed by atoms with van der Waals surface area (Å²) in [6, 6.07) is 7.68. The summed E-state index contributed by atoms with van der Waals surface area (Å²) in [4.78, 5) is 14.1. The molecule has 1 heterocycles. The maximum atomic E-state index is 12.8. The molecule has 0 aliphatic carbocycles. The van der Waals surface area contributed by atoms with Crippen LogP contribution < -0.4 is 5.56 Å². The lowest BCUT2D eigenvalue weighted by molar-refractivity contribution is 0.628. The van der Waals surface area contributed by atoms with E-state index in [0.29, 0.717) is 0 Å². The molecular formula is C13H12FNO. The van der Waals surface area contributed by atoms with Crippen molar-refractivity contribution < 1.29 is 4.39 Å². The maximum absolute atomic E-state index is 12.8. The van der Waals surface area contributed by atoms with Crippen LogP contribution in [0, 0.1) is 19.7 Å². The SMILES string of the molecule is Cc1[nH]c(=O)cc(-c2ccc(F)cc2)c1C. The number of aromatic nitrogens is 1. The molecule has 3 heteroatoms. The lowest BCUT2D eigenvalue weighted by atomic mass is 10.0. The number of H-pyrrole nitrogens is 1. The first-order valence-corrected chi connectivity index (χ1v) is 5.04. The molecule has 82 valence electrons. The summed E-state index contributed by atoms with van der Waals surface area (Å²) in [5.41, 5.74) is 3.41. The van der Waals surface area contributed by atoms with Crippen molar-refractivity contribution in [3.63, 3.8) is 0 Å². The molecule has 16 heavy (non-hydrogen) atoms. The number of nitrogens with one attached hydrogen (secondary N) is 1. The lowest BCUT2D eigenvalue weighted by Crippen LogP contribution is -2.08. The second-order valence-electron chi connectivity index (χ2n) is 3.80. The summed E-state index contributed by atoms with van der Waals surface area (Å²) in [5.74, 6) is -0.275. The second kappa shape index (κ2) is 3.93. The minimum Gasteiger partial charge on any atom is -0.326 e. The number of halogens is 1. The molecule has 2 nitrogen and oxygen atoms in total. The van der Waals surface area contributed by atoms with E-state index in [2.05, 4.69) is 4.98 Å². The third kappa shape index (κ3) is 1.89. The van der Waals surface area contributed by atoms with Crippen LogP contribution in [-0.2, 0) is 0 Å². The Hall–Kier alpha value is -1.90. The second-order valence-corrected chi connectivity index (χ2v) is 3.80. The van der Waals surface area contributed by atoms with E-state index >= 15 is 0 Å². The Balaban J connectivity index is 2.64. The molecule has 1 aromatic heterocycles. The van der Waals surface area contributed by atoms with Crippen molar-refractivity contribution in [1.29, 1.82) is 0 Å². The molecule has 0 aliphatic heterocycles. The summed E-state index contributed by atoms with van der Waals surface area (Å²) in [5, 5.41) is 0. The predicted molar refractivity (Wildman–Crippen MR) is 61.9 cm³/mol. The fourth-order valence-corrected chi connectivity index (χ4v) is 1.69. The minimum absolute atomic E-state index is 0.137. The molecule has 1 aromatic carbocycles. The molecule has 0 radical (unpaired) electrons. The standard InChI is InChI=1S/C13H12FNO/c1-8-9(2)15-13(16)7-12(8)10-3-5-11(14)6-4-10/h3-7H,1-2H3,(H,15,16). The van der Waals surface area contributed by atoms with Crippen LogP contribution in [0.3, 0.4) is 0 Å². The molecule has 1 N–H and O–H groups in total. The number of hydrogen-bond acceptors (Lipinski definition) is 1. The Morgan fingerprint density at radius 1 is 1.12 bits per heavy atom. The maximum Gasteiger partial charge on any atom is 0.248 e. The first-order chi connectivity index (χ1) is 7.58. The molecule has 0 fully saturated rings. The van der Waals surface area contributed by atoms with Gasteiger partial charge in [-0.2, -0.15) is 0 Å². The summed E-state index contributed by atoms with van der Waals surface area (Å²) < 4.78 is 12.8. The number of benzene rings is 1. The average Bonchev–Trinajstić information content (AvgIpc) is 2.25. The number of pyridine rings is 1. The van der Waals surface area contributed by atoms with Crippen molar-refractivity contribution in [2.45, 2.75) is 13.8 Å². The molecule has 0 saturated heterocycles. The zero-order valence-corrected chi connectivity index (χ0v) is 9.17. The van der Waals surface area contributed by atoms with Crippen LogP contribution in [0.1, 0.15) is 11.3 Å². The van der Waals surface area contributed by atoms with Crippen LogP contribution in [0.25, 0.3) is 11.1 Å². The Kier molecular flexibility index (Phi) is 2.60. The Bertz CT molecular complexity index is 569. The predicted octanol–water partition coefficient (Wildman–Crippen LogP) is 2.80. The normalized spacial score (nSPS) is 10.4. The zero-order valence-electron chi connectivity index (χ0n) is 9.17. The van der Waals surface area contributed by atoms with Crippen LogP contribution in [0.5, 0.6) is 0 Å². The smallest absolute Gasteiger partial charge is 0.248 e. The molecule has 0 saturated carbocycles. The third-order valence-electron chi connectivity index (χ3n) is 2.71. The van der Waals surface area contributed by atoms with E-state index in [1.165, 1.54) is 18.2 Å². The average molecular weight is 217 g/mol. The monoisotopic (exact) mass is 217 g/mol. The van der Waals surface area contributed by atoms with E-state index in [1.54, 1.807) is 12.1 Å². The van der Waals surface area contributed by atoms with Crippen molar-refractivity contribution in [3.8, 4) is 11.1 Å². The van der Waals surface area contributed by atoms with Gasteiger partial charge < -0.3 is 4.98 Å². The first-order valence-electron chi connectivity index (χ1n) is 5.04. The van der Waals surface area contributed by atoms with Crippen LogP contribution >= 0.6 is 0 Å². The van der Waals surface area contributed by atoms with Gasteiger partial charge in [0.2, 0.25) is 5.56 Å². The summed E-state index contributed by atoms with van der Waals surface area (Å²) >= 11 is 0. The highest BCUT2D eigenvalue weighted by Gasteiger charge is 2.05. The molecule has 0 bridgehead atoms. The van der Waals surface area contributed by atoms with Crippen LogP contribution in [0.2, 0.25) is 0 Å². The molecule has 0 amide bonds. The van der Waals surface area contributed by atoms with Crippen molar-refractivity contribution >= 4 is 0 Å². The largest absolute Gasteiger partial charge is 0.326 e. The van der Waals surface area contributed by atoms with Gasteiger partial charge in [-0.25, -0.2) is 4.39 Å². The van der Waals surface area contributed by atoms with Gasteiger partial charge in [0.15, 0.2) is 0 Å². The minimum atomic E-state index is -0.275. The van der Waals surface area contributed by atoms with E-state index in [9.17, 15) is 9.18 Å². The van der Waals surface area contributed by atoms with E-state index in [-0.39, 0.29) is 11.4 Å². The Morgan fingerprint density at radius 3 is 2.38 bits per heavy atom. The van der Waals surface area contributed by atoms with Gasteiger partial charge in [0.1, 0.15) is 5.82 Å². The van der Waals surface area contributed by atoms with Crippen LogP contribution in [0.15, 0.2) is 35.1 Å². The number of hydrogen-bond donors (Lipinski definition) is 1. The fourth-order valence-electron chi connectivity index (χ4n) is 1.69. The van der Waals surface area contributed by atoms with Crippen LogP contribution in [-0.4, -0.2) is 4.98 Å². The topological polar surface area (TPSA) is 32.9 Å². The third-order valence-corrected chi connectivity index (χ3v) is 2.71. The van der Waals surface area contributed by atoms with Gasteiger partial charge in [0, 0.05) is 11.8 Å².